The molecule has 5 heteroatoms. The average molecular weight is 303 g/mol. The molecule has 0 spiro atoms. The molecule has 0 saturated carbocycles. The summed E-state index contributed by atoms with van der Waals surface area (Å²) in [7, 11) is 0. The molecule has 1 heterocycles. The van der Waals surface area contributed by atoms with Crippen LogP contribution >= 0.6 is 24.0 Å². The van der Waals surface area contributed by atoms with Gasteiger partial charge in [-0.25, -0.2) is 4.90 Å². The van der Waals surface area contributed by atoms with Crippen LogP contribution in [0.4, 0.5) is 0 Å². The van der Waals surface area contributed by atoms with Gasteiger partial charge in [-0.05, 0) is 11.6 Å². The summed E-state index contributed by atoms with van der Waals surface area (Å²) in [5, 5.41) is 0. The molecule has 1 fully saturated rings. The van der Waals surface area contributed by atoms with Crippen LogP contribution in [0.3, 0.4) is 0 Å². The van der Waals surface area contributed by atoms with Crippen molar-refractivity contribution in [2.24, 2.45) is 0 Å². The van der Waals surface area contributed by atoms with Crippen molar-refractivity contribution in [1.29, 1.82) is 0 Å². The Hall–Kier alpha value is -1.72. The van der Waals surface area contributed by atoms with Gasteiger partial charge in [0.2, 0.25) is 5.91 Å². The van der Waals surface area contributed by atoms with Gasteiger partial charge >= 0.3 is 0 Å². The second-order valence-electron chi connectivity index (χ2n) is 4.06. The summed E-state index contributed by atoms with van der Waals surface area (Å²) in [6.45, 7) is 1.71. The molecule has 0 N–H and O–H groups in total. The molecule has 0 radical (unpaired) electrons. The van der Waals surface area contributed by atoms with E-state index in [1.54, 1.807) is 19.1 Å². The van der Waals surface area contributed by atoms with Crippen LogP contribution < -0.4 is 0 Å². The summed E-state index contributed by atoms with van der Waals surface area (Å²) in [5.41, 5.74) is 1.05. The van der Waals surface area contributed by atoms with E-state index in [0.29, 0.717) is 9.23 Å². The van der Waals surface area contributed by atoms with E-state index in [-0.39, 0.29) is 18.2 Å². The first-order valence-electron chi connectivity index (χ1n) is 6.16. The second kappa shape index (κ2) is 6.63. The summed E-state index contributed by atoms with van der Waals surface area (Å²) in [6, 6.07) is 9.77. The number of hydrogen-bond acceptors (Lipinski definition) is 4. The maximum atomic E-state index is 12.1. The van der Waals surface area contributed by atoms with Crippen LogP contribution in [0.1, 0.15) is 18.9 Å². The molecule has 20 heavy (non-hydrogen) atoms. The molecule has 102 valence electrons. The fourth-order valence-corrected chi connectivity index (χ4v) is 2.91. The van der Waals surface area contributed by atoms with E-state index in [9.17, 15) is 9.59 Å². The predicted octanol–water partition coefficient (Wildman–Crippen LogP) is 3.38. The first-order chi connectivity index (χ1) is 9.63. The van der Waals surface area contributed by atoms with Gasteiger partial charge < -0.3 is 0 Å². The Morgan fingerprint density at radius 2 is 2.05 bits per heavy atom. The average Bonchev–Trinajstić information content (AvgIpc) is 2.74. The zero-order chi connectivity index (χ0) is 14.5. The van der Waals surface area contributed by atoms with Gasteiger partial charge in [0.25, 0.3) is 5.91 Å². The SMILES string of the molecule is CCC(=O)N1C(=O)C(=CC=Cc2ccccc2)SC1=S. The summed E-state index contributed by atoms with van der Waals surface area (Å²) < 4.78 is 0.307. The zero-order valence-electron chi connectivity index (χ0n) is 10.9. The maximum absolute atomic E-state index is 12.1. The van der Waals surface area contributed by atoms with Crippen molar-refractivity contribution in [2.45, 2.75) is 13.3 Å². The molecular formula is C15H13NO2S2. The first-order valence-corrected chi connectivity index (χ1v) is 7.38. The fourth-order valence-electron chi connectivity index (χ4n) is 1.67. The third-order valence-electron chi connectivity index (χ3n) is 2.68. The van der Waals surface area contributed by atoms with Crippen molar-refractivity contribution >= 4 is 46.2 Å². The molecule has 1 saturated heterocycles. The first kappa shape index (κ1) is 14.7. The van der Waals surface area contributed by atoms with Gasteiger partial charge in [-0.3, -0.25) is 9.59 Å². The number of allylic oxidation sites excluding steroid dienone is 2. The van der Waals surface area contributed by atoms with E-state index in [1.165, 1.54) is 0 Å². The molecule has 2 amide bonds. The van der Waals surface area contributed by atoms with E-state index < -0.39 is 0 Å². The molecule has 0 atom stereocenters. The number of hydrogen-bond donors (Lipinski definition) is 0. The quantitative estimate of drug-likeness (QED) is 0.634. The van der Waals surface area contributed by atoms with Crippen molar-refractivity contribution in [3.05, 3.63) is 53.0 Å². The van der Waals surface area contributed by atoms with Gasteiger partial charge in [0, 0.05) is 6.42 Å². The van der Waals surface area contributed by atoms with Crippen LogP contribution in [0.2, 0.25) is 0 Å². The predicted molar refractivity (Wildman–Crippen MR) is 85.9 cm³/mol. The van der Waals surface area contributed by atoms with E-state index in [0.717, 1.165) is 22.2 Å². The zero-order valence-corrected chi connectivity index (χ0v) is 12.5. The number of benzene rings is 1. The van der Waals surface area contributed by atoms with E-state index in [1.807, 2.05) is 36.4 Å². The Kier molecular flexibility index (Phi) is 4.87. The lowest BCUT2D eigenvalue weighted by atomic mass is 10.2. The lowest BCUT2D eigenvalue weighted by Gasteiger charge is -2.09. The van der Waals surface area contributed by atoms with Crippen LogP contribution in [-0.4, -0.2) is 21.0 Å². The third-order valence-corrected chi connectivity index (χ3v) is 4.00. The number of thiocarbonyl (C=S) groups is 1. The number of thioether (sulfide) groups is 1. The van der Waals surface area contributed by atoms with Gasteiger partial charge in [-0.15, -0.1) is 0 Å². The minimum Gasteiger partial charge on any atom is -0.274 e. The Morgan fingerprint density at radius 1 is 1.35 bits per heavy atom. The molecule has 1 aromatic rings. The van der Waals surface area contributed by atoms with Crippen LogP contribution in [0.5, 0.6) is 0 Å². The molecule has 1 aliphatic rings. The highest BCUT2D eigenvalue weighted by Crippen LogP contribution is 2.31. The minimum atomic E-state index is -0.329. The number of rotatable bonds is 3. The molecule has 0 unspecified atom stereocenters. The maximum Gasteiger partial charge on any atom is 0.273 e. The van der Waals surface area contributed by atoms with Crippen LogP contribution in [0.15, 0.2) is 47.4 Å². The molecule has 1 aromatic carbocycles. The summed E-state index contributed by atoms with van der Waals surface area (Å²) in [6.07, 6.45) is 5.64. The molecule has 2 rings (SSSR count). The van der Waals surface area contributed by atoms with Gasteiger partial charge in [0.1, 0.15) is 0 Å². The van der Waals surface area contributed by atoms with E-state index in [4.69, 9.17) is 12.2 Å². The lowest BCUT2D eigenvalue weighted by molar-refractivity contribution is -0.136. The normalized spacial score (nSPS) is 17.4. The molecule has 3 nitrogen and oxygen atoms in total. The van der Waals surface area contributed by atoms with Crippen molar-refractivity contribution in [3.63, 3.8) is 0 Å². The van der Waals surface area contributed by atoms with Crippen LogP contribution in [0, 0.1) is 0 Å². The fraction of sp³-hybridized carbons (Fsp3) is 0.133. The highest BCUT2D eigenvalue weighted by molar-refractivity contribution is 8.26. The van der Waals surface area contributed by atoms with Crippen molar-refractivity contribution < 1.29 is 9.59 Å². The molecule has 0 aliphatic carbocycles. The third kappa shape index (κ3) is 3.23. The number of nitrogens with zero attached hydrogens (tertiary/aromatic N) is 1. The summed E-state index contributed by atoms with van der Waals surface area (Å²) in [4.78, 5) is 25.2. The van der Waals surface area contributed by atoms with E-state index >= 15 is 0 Å². The van der Waals surface area contributed by atoms with E-state index in [2.05, 4.69) is 0 Å². The van der Waals surface area contributed by atoms with Gasteiger partial charge in [-0.2, -0.15) is 0 Å². The molecular weight excluding hydrogens is 290 g/mol. The number of carbonyl (C=O) groups is 2. The van der Waals surface area contributed by atoms with Gasteiger partial charge in [0.15, 0.2) is 4.32 Å². The number of amides is 2. The standard InChI is InChI=1S/C15H13NO2S2/c1-2-13(17)16-14(18)12(20-15(16)19)10-6-9-11-7-4-3-5-8-11/h3-10H,2H2,1H3. The Labute approximate surface area is 127 Å². The minimum absolute atomic E-state index is 0.261. The number of carbonyl (C=O) groups excluding carboxylic acids is 2. The summed E-state index contributed by atoms with van der Waals surface area (Å²) in [5.74, 6) is -0.590. The summed E-state index contributed by atoms with van der Waals surface area (Å²) >= 11 is 6.22. The highest BCUT2D eigenvalue weighted by atomic mass is 32.2. The van der Waals surface area contributed by atoms with Crippen molar-refractivity contribution in [3.8, 4) is 0 Å². The van der Waals surface area contributed by atoms with Gasteiger partial charge in [-0.1, -0.05) is 73.4 Å². The highest BCUT2D eigenvalue weighted by Gasteiger charge is 2.35. The van der Waals surface area contributed by atoms with Gasteiger partial charge in [0.05, 0.1) is 4.91 Å². The number of imide groups is 1. The van der Waals surface area contributed by atoms with Crippen molar-refractivity contribution in [1.82, 2.24) is 4.90 Å². The molecule has 0 aromatic heterocycles. The monoisotopic (exact) mass is 303 g/mol. The lowest BCUT2D eigenvalue weighted by Crippen LogP contribution is -2.33. The topological polar surface area (TPSA) is 37.4 Å². The Bertz CT molecular complexity index is 606. The van der Waals surface area contributed by atoms with Crippen molar-refractivity contribution in [2.75, 3.05) is 0 Å². The smallest absolute Gasteiger partial charge is 0.273 e. The molecule has 0 bridgehead atoms. The second-order valence-corrected chi connectivity index (χ2v) is 5.73. The largest absolute Gasteiger partial charge is 0.274 e. The Balaban J connectivity index is 2.13. The molecule has 1 aliphatic heterocycles. The Morgan fingerprint density at radius 3 is 2.70 bits per heavy atom. The van der Waals surface area contributed by atoms with Crippen LogP contribution in [-0.2, 0) is 9.59 Å². The van der Waals surface area contributed by atoms with Crippen LogP contribution in [0.25, 0.3) is 6.08 Å².